The molecular formula is C26H20O3. The summed E-state index contributed by atoms with van der Waals surface area (Å²) in [5.74, 6) is 0.594. The van der Waals surface area contributed by atoms with Gasteiger partial charge in [0.25, 0.3) is 0 Å². The zero-order valence-electron chi connectivity index (χ0n) is 15.8. The van der Waals surface area contributed by atoms with Crippen LogP contribution in [-0.2, 0) is 5.41 Å². The Morgan fingerprint density at radius 1 is 0.690 bits per heavy atom. The van der Waals surface area contributed by atoms with Gasteiger partial charge in [-0.2, -0.15) is 0 Å². The number of carbonyl (C=O) groups excluding carboxylic acids is 1. The number of carbonyl (C=O) groups is 1. The van der Waals surface area contributed by atoms with Crippen LogP contribution in [0.1, 0.15) is 45.5 Å². The van der Waals surface area contributed by atoms with Crippen LogP contribution < -0.4 is 0 Å². The Morgan fingerprint density at radius 2 is 1.28 bits per heavy atom. The monoisotopic (exact) mass is 380 g/mol. The normalized spacial score (nSPS) is 17.0. The summed E-state index contributed by atoms with van der Waals surface area (Å²) in [7, 11) is 0. The molecular weight excluding hydrogens is 360 g/mol. The Hall–Kier alpha value is -3.59. The van der Waals surface area contributed by atoms with E-state index >= 15 is 0 Å². The van der Waals surface area contributed by atoms with E-state index in [1.54, 1.807) is 18.2 Å². The molecule has 0 saturated carbocycles. The third-order valence-corrected chi connectivity index (χ3v) is 6.06. The van der Waals surface area contributed by atoms with Crippen molar-refractivity contribution < 1.29 is 15.0 Å². The Morgan fingerprint density at radius 3 is 1.83 bits per heavy atom. The fourth-order valence-electron chi connectivity index (χ4n) is 4.80. The summed E-state index contributed by atoms with van der Waals surface area (Å²) in [6.07, 6.45) is 4.97. The molecule has 3 heteroatoms. The summed E-state index contributed by atoms with van der Waals surface area (Å²) in [4.78, 5) is 13.3. The van der Waals surface area contributed by atoms with E-state index in [1.165, 1.54) is 0 Å². The second-order valence-electron chi connectivity index (χ2n) is 7.57. The molecule has 3 nitrogen and oxygen atoms in total. The number of allylic oxidation sites excluding steroid dienone is 4. The first-order chi connectivity index (χ1) is 14.1. The van der Waals surface area contributed by atoms with Crippen LogP contribution >= 0.6 is 0 Å². The molecule has 2 aliphatic carbocycles. The molecule has 0 saturated heterocycles. The number of ketones is 1. The fraction of sp³-hybridized carbons (Fsp3) is 0.115. The van der Waals surface area contributed by atoms with E-state index in [0.717, 1.165) is 22.3 Å². The molecule has 29 heavy (non-hydrogen) atoms. The van der Waals surface area contributed by atoms with Gasteiger partial charge < -0.3 is 10.2 Å². The fourth-order valence-corrected chi connectivity index (χ4v) is 4.80. The minimum atomic E-state index is -0.661. The predicted octanol–water partition coefficient (Wildman–Crippen LogP) is 5.43. The highest BCUT2D eigenvalue weighted by molar-refractivity contribution is 6.14. The molecule has 0 aromatic heterocycles. The molecule has 3 aromatic carbocycles. The third kappa shape index (κ3) is 2.47. The van der Waals surface area contributed by atoms with Gasteiger partial charge in [0.1, 0.15) is 5.75 Å². The van der Waals surface area contributed by atoms with E-state index < -0.39 is 5.41 Å². The van der Waals surface area contributed by atoms with Crippen molar-refractivity contribution in [2.45, 2.75) is 18.3 Å². The first-order valence-corrected chi connectivity index (χ1v) is 9.75. The van der Waals surface area contributed by atoms with Crippen molar-refractivity contribution in [3.8, 4) is 5.75 Å². The molecule has 0 amide bonds. The van der Waals surface area contributed by atoms with Gasteiger partial charge in [0.05, 0.1) is 11.2 Å². The Kier molecular flexibility index (Phi) is 3.92. The number of benzene rings is 3. The number of fused-ring (bicyclic) bond motifs is 2. The lowest BCUT2D eigenvalue weighted by Gasteiger charge is -2.43. The molecule has 0 spiro atoms. The van der Waals surface area contributed by atoms with Crippen molar-refractivity contribution in [3.05, 3.63) is 124 Å². The van der Waals surface area contributed by atoms with Crippen LogP contribution in [-0.4, -0.2) is 16.0 Å². The summed E-state index contributed by atoms with van der Waals surface area (Å²) in [6.45, 7) is 0. The van der Waals surface area contributed by atoms with Gasteiger partial charge in [0.2, 0.25) is 0 Å². The Balaban J connectivity index is 1.94. The van der Waals surface area contributed by atoms with Gasteiger partial charge in [-0.1, -0.05) is 72.3 Å². The van der Waals surface area contributed by atoms with Crippen LogP contribution in [0.25, 0.3) is 0 Å². The number of hydrogen-bond acceptors (Lipinski definition) is 3. The van der Waals surface area contributed by atoms with E-state index in [-0.39, 0.29) is 11.5 Å². The molecule has 3 aromatic rings. The van der Waals surface area contributed by atoms with Gasteiger partial charge in [0, 0.05) is 17.5 Å². The van der Waals surface area contributed by atoms with E-state index in [9.17, 15) is 15.0 Å². The van der Waals surface area contributed by atoms with Gasteiger partial charge >= 0.3 is 0 Å². The zero-order valence-corrected chi connectivity index (χ0v) is 15.8. The minimum Gasteiger partial charge on any atom is -0.512 e. The standard InChI is InChI=1S/C26H20O3/c27-19-13-9-17(10-14-19)26(18-11-15-20(28)16-12-18)23-7-3-1-5-21(23)25(29)22-6-2-4-8-24(22)26/h1-11,13-15,27-28H,12,16H2. The number of aliphatic hydroxyl groups excluding tert-OH is 1. The number of aromatic hydroxyl groups is 1. The maximum atomic E-state index is 13.3. The average Bonchev–Trinajstić information content (AvgIpc) is 2.76. The van der Waals surface area contributed by atoms with E-state index in [4.69, 9.17) is 0 Å². The van der Waals surface area contributed by atoms with Crippen LogP contribution in [0.15, 0.2) is 96.3 Å². The maximum Gasteiger partial charge on any atom is 0.193 e. The van der Waals surface area contributed by atoms with E-state index in [1.807, 2.05) is 66.7 Å². The third-order valence-electron chi connectivity index (χ3n) is 6.06. The summed E-state index contributed by atoms with van der Waals surface area (Å²) < 4.78 is 0. The van der Waals surface area contributed by atoms with Crippen molar-refractivity contribution in [1.29, 1.82) is 0 Å². The van der Waals surface area contributed by atoms with Crippen LogP contribution in [0.5, 0.6) is 5.75 Å². The summed E-state index contributed by atoms with van der Waals surface area (Å²) in [5, 5.41) is 19.9. The molecule has 0 aliphatic heterocycles. The van der Waals surface area contributed by atoms with Crippen LogP contribution in [0.2, 0.25) is 0 Å². The number of rotatable bonds is 2. The smallest absolute Gasteiger partial charge is 0.193 e. The predicted molar refractivity (Wildman–Crippen MR) is 112 cm³/mol. The van der Waals surface area contributed by atoms with Gasteiger partial charge in [0.15, 0.2) is 5.78 Å². The largest absolute Gasteiger partial charge is 0.512 e. The Bertz CT molecular complexity index is 1130. The highest BCUT2D eigenvalue weighted by Gasteiger charge is 2.47. The summed E-state index contributed by atoms with van der Waals surface area (Å²) >= 11 is 0. The molecule has 142 valence electrons. The Labute approximate surface area is 169 Å². The highest BCUT2D eigenvalue weighted by Crippen LogP contribution is 2.52. The molecule has 0 atom stereocenters. The molecule has 0 radical (unpaired) electrons. The van der Waals surface area contributed by atoms with Gasteiger partial charge in [-0.15, -0.1) is 0 Å². The summed E-state index contributed by atoms with van der Waals surface area (Å²) in [6, 6.07) is 22.8. The van der Waals surface area contributed by atoms with E-state index in [2.05, 4.69) is 0 Å². The minimum absolute atomic E-state index is 0.0282. The topological polar surface area (TPSA) is 57.5 Å². The highest BCUT2D eigenvalue weighted by atomic mass is 16.3. The van der Waals surface area contributed by atoms with Gasteiger partial charge in [-0.05, 0) is 41.3 Å². The molecule has 2 N–H and O–H groups in total. The van der Waals surface area contributed by atoms with Crippen LogP contribution in [0, 0.1) is 0 Å². The second-order valence-corrected chi connectivity index (χ2v) is 7.57. The lowest BCUT2D eigenvalue weighted by molar-refractivity contribution is 0.103. The molecule has 0 heterocycles. The van der Waals surface area contributed by atoms with Crippen molar-refractivity contribution in [1.82, 2.24) is 0 Å². The molecule has 2 aliphatic rings. The second kappa shape index (κ2) is 6.49. The first kappa shape index (κ1) is 17.5. The molecule has 0 unspecified atom stereocenters. The van der Waals surface area contributed by atoms with Crippen molar-refractivity contribution >= 4 is 5.78 Å². The number of phenolic OH excluding ortho intramolecular Hbond substituents is 1. The van der Waals surface area contributed by atoms with Gasteiger partial charge in [-0.3, -0.25) is 4.79 Å². The number of hydrogen-bond donors (Lipinski definition) is 2. The molecule has 0 bridgehead atoms. The molecule has 5 rings (SSSR count). The lowest BCUT2D eigenvalue weighted by Crippen LogP contribution is -2.39. The van der Waals surface area contributed by atoms with Crippen LogP contribution in [0.4, 0.5) is 0 Å². The molecule has 0 fully saturated rings. The van der Waals surface area contributed by atoms with E-state index in [0.29, 0.717) is 29.7 Å². The average molecular weight is 380 g/mol. The lowest BCUT2D eigenvalue weighted by atomic mass is 9.58. The maximum absolute atomic E-state index is 13.3. The van der Waals surface area contributed by atoms with Crippen LogP contribution in [0.3, 0.4) is 0 Å². The SMILES string of the molecule is O=C1c2ccccc2C(C2=CC=C(O)CC2)(c2ccc(O)cc2)c2ccccc21. The van der Waals surface area contributed by atoms with Crippen molar-refractivity contribution in [3.63, 3.8) is 0 Å². The van der Waals surface area contributed by atoms with Gasteiger partial charge in [-0.25, -0.2) is 0 Å². The summed E-state index contributed by atoms with van der Waals surface area (Å²) in [5.41, 5.74) is 4.72. The first-order valence-electron chi connectivity index (χ1n) is 9.75. The number of aliphatic hydroxyl groups is 1. The quantitative estimate of drug-likeness (QED) is 0.623. The van der Waals surface area contributed by atoms with Crippen molar-refractivity contribution in [2.24, 2.45) is 0 Å². The number of phenols is 1. The van der Waals surface area contributed by atoms with Crippen molar-refractivity contribution in [2.75, 3.05) is 0 Å². The zero-order chi connectivity index (χ0) is 20.0.